The summed E-state index contributed by atoms with van der Waals surface area (Å²) in [6.07, 6.45) is 2.94. The van der Waals surface area contributed by atoms with E-state index in [1.54, 1.807) is 22.6 Å². The minimum atomic E-state index is -0.471. The third-order valence-corrected chi connectivity index (χ3v) is 3.71. The fourth-order valence-corrected chi connectivity index (χ4v) is 2.52. The number of nitro groups is 1. The molecule has 0 bridgehead atoms. The van der Waals surface area contributed by atoms with Crippen molar-refractivity contribution in [3.8, 4) is 0 Å². The molecular weight excluding hydrogens is 336 g/mol. The Morgan fingerprint density at radius 1 is 1.27 bits per heavy atom. The van der Waals surface area contributed by atoms with E-state index in [0.717, 1.165) is 11.4 Å². The summed E-state index contributed by atoms with van der Waals surface area (Å²) in [4.78, 5) is 26.4. The van der Waals surface area contributed by atoms with Crippen molar-refractivity contribution in [1.29, 1.82) is 0 Å². The third-order valence-electron chi connectivity index (χ3n) is 3.71. The predicted molar refractivity (Wildman–Crippen MR) is 94.2 cm³/mol. The molecule has 0 saturated heterocycles. The summed E-state index contributed by atoms with van der Waals surface area (Å²) >= 11 is 0. The molecule has 2 aromatic heterocycles. The second-order valence-electron chi connectivity index (χ2n) is 5.69. The number of carbonyl (C=O) groups excluding carboxylic acids is 1. The monoisotopic (exact) mass is 352 g/mol. The van der Waals surface area contributed by atoms with E-state index in [1.165, 1.54) is 18.2 Å². The van der Waals surface area contributed by atoms with Gasteiger partial charge in [0.15, 0.2) is 5.82 Å². The van der Waals surface area contributed by atoms with Gasteiger partial charge in [-0.05, 0) is 43.7 Å². The van der Waals surface area contributed by atoms with Crippen LogP contribution in [-0.2, 0) is 11.3 Å². The molecule has 0 unspecified atom stereocenters. The number of hydrogen-bond donors (Lipinski definition) is 1. The number of fused-ring (bicyclic) bond motifs is 1. The molecule has 0 aliphatic heterocycles. The van der Waals surface area contributed by atoms with E-state index in [9.17, 15) is 14.9 Å². The van der Waals surface area contributed by atoms with Crippen molar-refractivity contribution in [2.75, 3.05) is 0 Å². The topological polar surface area (TPSA) is 115 Å². The Balaban J connectivity index is 1.65. The normalized spacial score (nSPS) is 11.2. The molecule has 0 radical (unpaired) electrons. The molecule has 0 saturated carbocycles. The van der Waals surface area contributed by atoms with Gasteiger partial charge in [-0.25, -0.2) is 4.98 Å². The van der Waals surface area contributed by atoms with Crippen LogP contribution in [0.4, 0.5) is 5.69 Å². The Hall–Kier alpha value is -3.62. The molecule has 0 aliphatic carbocycles. The average Bonchev–Trinajstić information content (AvgIpc) is 3.01. The molecule has 9 nitrogen and oxygen atoms in total. The largest absolute Gasteiger partial charge is 0.345 e. The second-order valence-corrected chi connectivity index (χ2v) is 5.69. The Morgan fingerprint density at radius 2 is 2.00 bits per heavy atom. The molecule has 0 aliphatic rings. The Bertz CT molecular complexity index is 1010. The number of aryl methyl sites for hydroxylation is 2. The van der Waals surface area contributed by atoms with Gasteiger partial charge in [-0.1, -0.05) is 0 Å². The van der Waals surface area contributed by atoms with Crippen LogP contribution < -0.4 is 5.32 Å². The molecule has 26 heavy (non-hydrogen) atoms. The van der Waals surface area contributed by atoms with Gasteiger partial charge in [-0.3, -0.25) is 19.3 Å². The summed E-state index contributed by atoms with van der Waals surface area (Å²) < 4.78 is 1.79. The van der Waals surface area contributed by atoms with Crippen LogP contribution in [0.3, 0.4) is 0 Å². The summed E-state index contributed by atoms with van der Waals surface area (Å²) in [5.74, 6) is 0.771. The first-order valence-corrected chi connectivity index (χ1v) is 7.82. The van der Waals surface area contributed by atoms with Crippen LogP contribution in [-0.4, -0.2) is 30.4 Å². The zero-order valence-corrected chi connectivity index (χ0v) is 14.2. The van der Waals surface area contributed by atoms with E-state index in [2.05, 4.69) is 20.5 Å². The van der Waals surface area contributed by atoms with Crippen LogP contribution in [0.1, 0.15) is 22.8 Å². The number of rotatable bonds is 5. The van der Waals surface area contributed by atoms with Crippen molar-refractivity contribution < 1.29 is 9.72 Å². The van der Waals surface area contributed by atoms with E-state index in [-0.39, 0.29) is 18.1 Å². The van der Waals surface area contributed by atoms with Crippen LogP contribution in [0.2, 0.25) is 0 Å². The van der Waals surface area contributed by atoms with E-state index < -0.39 is 4.92 Å². The molecule has 1 N–H and O–H groups in total. The lowest BCUT2D eigenvalue weighted by molar-refractivity contribution is -0.384. The molecule has 1 amide bonds. The number of benzene rings is 1. The van der Waals surface area contributed by atoms with Gasteiger partial charge in [0, 0.05) is 29.6 Å². The maximum Gasteiger partial charge on any atom is 0.269 e. The summed E-state index contributed by atoms with van der Waals surface area (Å²) in [5.41, 5.74) is 2.48. The number of nitro benzene ring substituents is 1. The number of nitrogens with zero attached hydrogens (tertiary/aromatic N) is 5. The van der Waals surface area contributed by atoms with Gasteiger partial charge in [0.1, 0.15) is 0 Å². The number of carbonyl (C=O) groups is 1. The maximum absolute atomic E-state index is 12.0. The number of nitrogens with one attached hydrogen (secondary N) is 1. The van der Waals surface area contributed by atoms with Gasteiger partial charge in [0.25, 0.3) is 11.5 Å². The van der Waals surface area contributed by atoms with E-state index in [0.29, 0.717) is 17.2 Å². The zero-order chi connectivity index (χ0) is 18.7. The fraction of sp³-hybridized carbons (Fsp3) is 0.176. The van der Waals surface area contributed by atoms with Crippen LogP contribution >= 0.6 is 0 Å². The van der Waals surface area contributed by atoms with Crippen molar-refractivity contribution in [2.45, 2.75) is 20.4 Å². The zero-order valence-electron chi connectivity index (χ0n) is 14.2. The van der Waals surface area contributed by atoms with E-state index in [1.807, 2.05) is 19.9 Å². The van der Waals surface area contributed by atoms with Crippen LogP contribution in [0.5, 0.6) is 0 Å². The lowest BCUT2D eigenvalue weighted by Gasteiger charge is -2.04. The molecule has 3 aromatic rings. The first-order chi connectivity index (χ1) is 12.4. The maximum atomic E-state index is 12.0. The lowest BCUT2D eigenvalue weighted by atomic mass is 10.2. The highest BCUT2D eigenvalue weighted by Gasteiger charge is 2.10. The quantitative estimate of drug-likeness (QED) is 0.426. The van der Waals surface area contributed by atoms with Crippen LogP contribution in [0.25, 0.3) is 11.9 Å². The van der Waals surface area contributed by atoms with Crippen molar-refractivity contribution in [1.82, 2.24) is 24.9 Å². The lowest BCUT2D eigenvalue weighted by Crippen LogP contribution is -2.22. The van der Waals surface area contributed by atoms with Crippen molar-refractivity contribution >= 4 is 23.4 Å². The van der Waals surface area contributed by atoms with Crippen LogP contribution in [0.15, 0.2) is 36.4 Å². The van der Waals surface area contributed by atoms with E-state index in [4.69, 9.17) is 0 Å². The van der Waals surface area contributed by atoms with Crippen molar-refractivity contribution in [3.05, 3.63) is 69.3 Å². The predicted octanol–water partition coefficient (Wildman–Crippen LogP) is 1.98. The standard InChI is InChI=1S/C17H16N6O3/c1-11-9-12(2)22-15(20-21-17(22)19-11)10-18-16(24)8-5-13-3-6-14(7-4-13)23(25)26/h3-9H,10H2,1-2H3,(H,18,24)/b8-5+. The summed E-state index contributed by atoms with van der Waals surface area (Å²) in [6.45, 7) is 4.01. The highest BCUT2D eigenvalue weighted by molar-refractivity contribution is 5.91. The number of hydrogen-bond acceptors (Lipinski definition) is 6. The molecule has 132 valence electrons. The van der Waals surface area contributed by atoms with Gasteiger partial charge in [-0.2, -0.15) is 0 Å². The first-order valence-electron chi connectivity index (χ1n) is 7.82. The molecule has 3 rings (SSSR count). The number of non-ortho nitro benzene ring substituents is 1. The summed E-state index contributed by atoms with van der Waals surface area (Å²) in [7, 11) is 0. The Morgan fingerprint density at radius 3 is 2.69 bits per heavy atom. The van der Waals surface area contributed by atoms with Gasteiger partial charge in [0.2, 0.25) is 5.91 Å². The fourth-order valence-electron chi connectivity index (χ4n) is 2.52. The van der Waals surface area contributed by atoms with Gasteiger partial charge >= 0.3 is 0 Å². The van der Waals surface area contributed by atoms with Crippen molar-refractivity contribution in [3.63, 3.8) is 0 Å². The Kier molecular flexibility index (Phi) is 4.70. The minimum absolute atomic E-state index is 0.00417. The Labute approximate surface area is 148 Å². The highest BCUT2D eigenvalue weighted by atomic mass is 16.6. The molecule has 2 heterocycles. The second kappa shape index (κ2) is 7.09. The molecular formula is C17H16N6O3. The average molecular weight is 352 g/mol. The molecule has 1 aromatic carbocycles. The number of aromatic nitrogens is 4. The smallest absolute Gasteiger partial charge is 0.269 e. The van der Waals surface area contributed by atoms with Crippen molar-refractivity contribution in [2.24, 2.45) is 0 Å². The molecule has 0 atom stereocenters. The molecule has 9 heteroatoms. The van der Waals surface area contributed by atoms with E-state index >= 15 is 0 Å². The number of amides is 1. The first kappa shape index (κ1) is 17.2. The minimum Gasteiger partial charge on any atom is -0.345 e. The van der Waals surface area contributed by atoms with Gasteiger partial charge in [0.05, 0.1) is 11.5 Å². The van der Waals surface area contributed by atoms with Gasteiger partial charge in [-0.15, -0.1) is 10.2 Å². The summed E-state index contributed by atoms with van der Waals surface area (Å²) in [6, 6.07) is 7.84. The highest BCUT2D eigenvalue weighted by Crippen LogP contribution is 2.13. The SMILES string of the molecule is Cc1cc(C)n2c(CNC(=O)/C=C/c3ccc([N+](=O)[O-])cc3)nnc2n1. The molecule has 0 fully saturated rings. The van der Waals surface area contributed by atoms with Crippen LogP contribution in [0, 0.1) is 24.0 Å². The summed E-state index contributed by atoms with van der Waals surface area (Å²) in [5, 5.41) is 21.4. The van der Waals surface area contributed by atoms with Gasteiger partial charge < -0.3 is 5.32 Å². The third kappa shape index (κ3) is 3.72. The molecule has 0 spiro atoms.